The Kier molecular flexibility index (Phi) is 4.36. The van der Waals surface area contributed by atoms with Crippen molar-refractivity contribution in [1.82, 2.24) is 0 Å². The highest BCUT2D eigenvalue weighted by atomic mass is 35.5. The highest BCUT2D eigenvalue weighted by molar-refractivity contribution is 6.44. The monoisotopic (exact) mass is 408 g/mol. The Morgan fingerprint density at radius 3 is 2.64 bits per heavy atom. The van der Waals surface area contributed by atoms with E-state index in [1.54, 1.807) is 6.08 Å². The highest BCUT2D eigenvalue weighted by Gasteiger charge is 2.67. The molecule has 152 valence electrons. The van der Waals surface area contributed by atoms with E-state index < -0.39 is 35.0 Å². The summed E-state index contributed by atoms with van der Waals surface area (Å²) in [5.41, 5.74) is -1.70. The highest BCUT2D eigenvalue weighted by Crippen LogP contribution is 2.66. The molecule has 4 nitrogen and oxygen atoms in total. The number of hydrogen-bond acceptors (Lipinski definition) is 4. The van der Waals surface area contributed by atoms with Gasteiger partial charge < -0.3 is 10.2 Å². The van der Waals surface area contributed by atoms with Gasteiger partial charge in [0.1, 0.15) is 18.4 Å². The average Bonchev–Trinajstić information content (AvgIpc) is 2.85. The Balaban J connectivity index is 1.84. The number of Topliss-reactive ketones (excluding diaryl/α,β-unsaturated/α-hetero) is 1. The molecule has 0 aromatic heterocycles. The van der Waals surface area contributed by atoms with Crippen LogP contribution in [0.2, 0.25) is 0 Å². The van der Waals surface area contributed by atoms with Crippen molar-refractivity contribution in [2.24, 2.45) is 28.6 Å². The maximum atomic E-state index is 15.2. The lowest BCUT2D eigenvalue weighted by atomic mass is 9.51. The third-order valence-electron chi connectivity index (χ3n) is 8.14. The summed E-state index contributed by atoms with van der Waals surface area (Å²) in [6.07, 6.45) is 4.97. The van der Waals surface area contributed by atoms with Crippen molar-refractivity contribution in [3.8, 4) is 0 Å². The van der Waals surface area contributed by atoms with Crippen LogP contribution in [0.3, 0.4) is 0 Å². The van der Waals surface area contributed by atoms with Gasteiger partial charge in [-0.15, -0.1) is 0 Å². The minimum absolute atomic E-state index is 0.0931. The summed E-state index contributed by atoms with van der Waals surface area (Å²) in [6, 6.07) is 0. The van der Waals surface area contributed by atoms with Crippen LogP contribution in [0.5, 0.6) is 0 Å². The van der Waals surface area contributed by atoms with E-state index in [1.807, 2.05) is 26.8 Å². The van der Waals surface area contributed by atoms with Crippen molar-refractivity contribution in [3.63, 3.8) is 0 Å². The molecule has 0 saturated heterocycles. The number of carbonyl (C=O) groups is 2. The van der Waals surface area contributed by atoms with E-state index in [0.717, 1.165) is 5.57 Å². The fourth-order valence-corrected chi connectivity index (χ4v) is 6.92. The smallest absolute Gasteiger partial charge is 0.196 e. The van der Waals surface area contributed by atoms with Crippen LogP contribution in [0.1, 0.15) is 40.0 Å². The molecule has 2 N–H and O–H groups in total. The molecule has 0 bridgehead atoms. The average molecular weight is 409 g/mol. The third kappa shape index (κ3) is 2.24. The number of rotatable bonds is 2. The van der Waals surface area contributed by atoms with Gasteiger partial charge in [-0.05, 0) is 61.7 Å². The van der Waals surface area contributed by atoms with Gasteiger partial charge in [0.05, 0.1) is 5.03 Å². The van der Waals surface area contributed by atoms with Crippen LogP contribution in [0.4, 0.5) is 4.39 Å². The first kappa shape index (κ1) is 20.0. The minimum Gasteiger partial charge on any atom is -0.388 e. The first-order valence-corrected chi connectivity index (χ1v) is 10.2. The van der Waals surface area contributed by atoms with Gasteiger partial charge >= 0.3 is 0 Å². The first-order valence-electron chi connectivity index (χ1n) is 9.86. The summed E-state index contributed by atoms with van der Waals surface area (Å²) in [5.74, 6) is -1.51. The Hall–Kier alpha value is -1.30. The molecule has 0 heterocycles. The van der Waals surface area contributed by atoms with Crippen LogP contribution in [0.25, 0.3) is 0 Å². The predicted octanol–water partition coefficient (Wildman–Crippen LogP) is 3.27. The second kappa shape index (κ2) is 6.10. The Bertz CT molecular complexity index is 861. The molecule has 0 aromatic rings. The van der Waals surface area contributed by atoms with Crippen LogP contribution in [0.15, 0.2) is 34.4 Å². The molecular weight excluding hydrogens is 383 g/mol. The molecule has 0 aromatic carbocycles. The normalized spacial score (nSPS) is 47.4. The number of alkyl halides is 1. The molecule has 2 unspecified atom stereocenters. The number of ketones is 2. The fourth-order valence-electron chi connectivity index (χ4n) is 6.65. The SMILES string of the molecule is CC1C[C@H]2[C@@H]3CC(F)C4=CC(=O)C(Cl)=C[C@]4(C)C3=CC[C@]2(C)[C@@]1(O)C(=O)CO. The van der Waals surface area contributed by atoms with Gasteiger partial charge in [0, 0.05) is 10.8 Å². The van der Waals surface area contributed by atoms with E-state index in [-0.39, 0.29) is 35.0 Å². The van der Waals surface area contributed by atoms with E-state index in [1.165, 1.54) is 6.08 Å². The molecule has 2 fully saturated rings. The van der Waals surface area contributed by atoms with Crippen molar-refractivity contribution < 1.29 is 24.2 Å². The van der Waals surface area contributed by atoms with Crippen LogP contribution in [-0.4, -0.2) is 40.2 Å². The summed E-state index contributed by atoms with van der Waals surface area (Å²) in [6.45, 7) is 4.90. The van der Waals surface area contributed by atoms with Crippen molar-refractivity contribution in [1.29, 1.82) is 0 Å². The Morgan fingerprint density at radius 2 is 2.00 bits per heavy atom. The second-order valence-corrected chi connectivity index (χ2v) is 9.75. The molecule has 6 heteroatoms. The van der Waals surface area contributed by atoms with E-state index in [9.17, 15) is 19.8 Å². The lowest BCUT2D eigenvalue weighted by molar-refractivity contribution is -0.161. The number of hydrogen-bond donors (Lipinski definition) is 2. The van der Waals surface area contributed by atoms with Gasteiger partial charge in [-0.2, -0.15) is 0 Å². The predicted molar refractivity (Wildman–Crippen MR) is 103 cm³/mol. The van der Waals surface area contributed by atoms with Gasteiger partial charge in [0.25, 0.3) is 0 Å². The molecular formula is C22H26ClFO4. The summed E-state index contributed by atoms with van der Waals surface area (Å²) < 4.78 is 15.2. The summed E-state index contributed by atoms with van der Waals surface area (Å²) in [5, 5.41) is 20.9. The lowest BCUT2D eigenvalue weighted by Gasteiger charge is -2.54. The second-order valence-electron chi connectivity index (χ2n) is 9.34. The number of halogens is 2. The topological polar surface area (TPSA) is 74.6 Å². The van der Waals surface area contributed by atoms with E-state index in [4.69, 9.17) is 11.6 Å². The van der Waals surface area contributed by atoms with E-state index >= 15 is 4.39 Å². The number of aliphatic hydroxyl groups excluding tert-OH is 1. The molecule has 7 atom stereocenters. The third-order valence-corrected chi connectivity index (χ3v) is 8.44. The molecule has 2 saturated carbocycles. The van der Waals surface area contributed by atoms with Crippen molar-refractivity contribution >= 4 is 23.2 Å². The molecule has 28 heavy (non-hydrogen) atoms. The summed E-state index contributed by atoms with van der Waals surface area (Å²) in [7, 11) is 0. The van der Waals surface area contributed by atoms with E-state index in [2.05, 4.69) is 0 Å². The summed E-state index contributed by atoms with van der Waals surface area (Å²) in [4.78, 5) is 24.5. The summed E-state index contributed by atoms with van der Waals surface area (Å²) >= 11 is 6.13. The van der Waals surface area contributed by atoms with Gasteiger partial charge in [-0.3, -0.25) is 9.59 Å². The van der Waals surface area contributed by atoms with Crippen molar-refractivity contribution in [3.05, 3.63) is 34.4 Å². The maximum absolute atomic E-state index is 15.2. The van der Waals surface area contributed by atoms with Gasteiger partial charge in [0.2, 0.25) is 0 Å². The maximum Gasteiger partial charge on any atom is 0.196 e. The Morgan fingerprint density at radius 1 is 1.32 bits per heavy atom. The molecule has 0 radical (unpaired) electrons. The molecule has 0 aliphatic heterocycles. The van der Waals surface area contributed by atoms with E-state index in [0.29, 0.717) is 18.4 Å². The molecule has 4 rings (SSSR count). The molecule has 0 amide bonds. The number of aliphatic hydroxyl groups is 2. The van der Waals surface area contributed by atoms with Crippen molar-refractivity contribution in [2.75, 3.05) is 6.61 Å². The molecule has 0 spiro atoms. The zero-order valence-corrected chi connectivity index (χ0v) is 17.1. The zero-order chi connectivity index (χ0) is 20.6. The molecule has 4 aliphatic rings. The quantitative estimate of drug-likeness (QED) is 0.688. The number of allylic oxidation sites excluding steroid dienone is 6. The first-order chi connectivity index (χ1) is 13.0. The standard InChI is InChI=1S/C22H26ClFO4/c1-11-6-14-12-7-17(24)15-8-18(26)16(23)9-20(15,2)13(12)4-5-21(14,3)22(11,28)19(27)10-25/h4,8-9,11-12,14,17,25,28H,5-7,10H2,1-3H3/t11?,12-,14+,17?,20-,21+,22+/m1/s1. The zero-order valence-electron chi connectivity index (χ0n) is 16.3. The fraction of sp³-hybridized carbons (Fsp3) is 0.636. The van der Waals surface area contributed by atoms with Gasteiger partial charge in [-0.1, -0.05) is 37.1 Å². The van der Waals surface area contributed by atoms with Crippen molar-refractivity contribution in [2.45, 2.75) is 51.8 Å². The van der Waals surface area contributed by atoms with Gasteiger partial charge in [0.15, 0.2) is 11.6 Å². The minimum atomic E-state index is -1.63. The lowest BCUT2D eigenvalue weighted by Crippen LogP contribution is -2.58. The van der Waals surface area contributed by atoms with Crippen LogP contribution >= 0.6 is 11.6 Å². The van der Waals surface area contributed by atoms with Crippen LogP contribution in [-0.2, 0) is 9.59 Å². The number of fused-ring (bicyclic) bond motifs is 5. The largest absolute Gasteiger partial charge is 0.388 e. The van der Waals surface area contributed by atoms with Gasteiger partial charge in [-0.25, -0.2) is 4.39 Å². The van der Waals surface area contributed by atoms with Crippen LogP contribution in [0, 0.1) is 28.6 Å². The van der Waals surface area contributed by atoms with Crippen LogP contribution < -0.4 is 0 Å². The molecule has 4 aliphatic carbocycles. The Labute approximate surface area is 169 Å². The number of carbonyl (C=O) groups excluding carboxylic acids is 2.